The molecule has 0 fully saturated rings. The standard InChI is InChI=1S/C31H33Cl3F3N3O4S/c1-4-6-16-38-30(42)28(5-2)39(18-23-25(32)8-7-9-26(23)33)29(41)19-40(45(43,44)22-13-10-20(3)11-14-22)21-12-15-27(34)24(17-21)31(35,36)37/h7-15,17,28H,4-6,16,18-19H2,1-3H3,(H,38,42)/t28-/m0/s1. The Morgan fingerprint density at radius 1 is 0.933 bits per heavy atom. The van der Waals surface area contributed by atoms with Crippen LogP contribution in [0.5, 0.6) is 0 Å². The summed E-state index contributed by atoms with van der Waals surface area (Å²) in [4.78, 5) is 28.4. The monoisotopic (exact) mass is 705 g/mol. The summed E-state index contributed by atoms with van der Waals surface area (Å²) in [7, 11) is -4.61. The van der Waals surface area contributed by atoms with Gasteiger partial charge in [-0.3, -0.25) is 13.9 Å². The van der Waals surface area contributed by atoms with Crippen molar-refractivity contribution >= 4 is 62.3 Å². The maximum atomic E-state index is 14.2. The van der Waals surface area contributed by atoms with Crippen LogP contribution in [0.3, 0.4) is 0 Å². The van der Waals surface area contributed by atoms with Crippen LogP contribution in [0.2, 0.25) is 15.1 Å². The number of halogens is 6. The van der Waals surface area contributed by atoms with Gasteiger partial charge in [-0.25, -0.2) is 8.42 Å². The Morgan fingerprint density at radius 2 is 1.56 bits per heavy atom. The molecule has 0 spiro atoms. The van der Waals surface area contributed by atoms with Crippen molar-refractivity contribution in [3.63, 3.8) is 0 Å². The molecule has 1 N–H and O–H groups in total. The Hall–Kier alpha value is -2.99. The smallest absolute Gasteiger partial charge is 0.354 e. The van der Waals surface area contributed by atoms with E-state index in [0.29, 0.717) is 28.9 Å². The van der Waals surface area contributed by atoms with Crippen molar-refractivity contribution in [2.75, 3.05) is 17.4 Å². The molecular weight excluding hydrogens is 674 g/mol. The Balaban J connectivity index is 2.17. The van der Waals surface area contributed by atoms with Crippen LogP contribution in [-0.2, 0) is 32.3 Å². The molecule has 0 aliphatic heterocycles. The van der Waals surface area contributed by atoms with Crippen LogP contribution in [0.4, 0.5) is 18.9 Å². The molecule has 244 valence electrons. The fraction of sp³-hybridized carbons (Fsp3) is 0.355. The number of benzene rings is 3. The third kappa shape index (κ3) is 9.06. The fourth-order valence-corrected chi connectivity index (χ4v) is 6.68. The number of hydrogen-bond donors (Lipinski definition) is 1. The second kappa shape index (κ2) is 15.5. The van der Waals surface area contributed by atoms with Crippen LogP contribution < -0.4 is 9.62 Å². The van der Waals surface area contributed by atoms with E-state index in [9.17, 15) is 31.2 Å². The van der Waals surface area contributed by atoms with Crippen molar-refractivity contribution in [2.24, 2.45) is 0 Å². The SMILES string of the molecule is CCCCNC(=O)[C@H](CC)N(Cc1c(Cl)cccc1Cl)C(=O)CN(c1ccc(Cl)c(C(F)(F)F)c1)S(=O)(=O)c1ccc(C)cc1. The molecule has 14 heteroatoms. The number of aryl methyl sites for hydroxylation is 1. The average Bonchev–Trinajstić information content (AvgIpc) is 2.97. The highest BCUT2D eigenvalue weighted by Gasteiger charge is 2.37. The number of nitrogens with one attached hydrogen (secondary N) is 1. The zero-order valence-corrected chi connectivity index (χ0v) is 27.9. The molecule has 0 aliphatic rings. The number of hydrogen-bond acceptors (Lipinski definition) is 4. The van der Waals surface area contributed by atoms with E-state index in [1.165, 1.54) is 24.3 Å². The molecule has 3 aromatic rings. The van der Waals surface area contributed by atoms with Gasteiger partial charge in [-0.05, 0) is 62.2 Å². The lowest BCUT2D eigenvalue weighted by Gasteiger charge is -2.33. The van der Waals surface area contributed by atoms with Crippen molar-refractivity contribution < 1.29 is 31.2 Å². The fourth-order valence-electron chi connectivity index (χ4n) is 4.53. The Kier molecular flexibility index (Phi) is 12.6. The lowest BCUT2D eigenvalue weighted by Crippen LogP contribution is -2.52. The molecule has 1 atom stereocenters. The van der Waals surface area contributed by atoms with Crippen molar-refractivity contribution in [1.29, 1.82) is 0 Å². The number of carbonyl (C=O) groups excluding carboxylic acids is 2. The maximum Gasteiger partial charge on any atom is 0.417 e. The van der Waals surface area contributed by atoms with Gasteiger partial charge >= 0.3 is 6.18 Å². The molecule has 0 aromatic heterocycles. The molecule has 0 heterocycles. The van der Waals surface area contributed by atoms with E-state index < -0.39 is 56.9 Å². The third-order valence-corrected chi connectivity index (χ3v) is 9.86. The van der Waals surface area contributed by atoms with Gasteiger partial charge in [0.2, 0.25) is 11.8 Å². The highest BCUT2D eigenvalue weighted by Crippen LogP contribution is 2.38. The number of nitrogens with zero attached hydrogens (tertiary/aromatic N) is 2. The number of unbranched alkanes of at least 4 members (excludes halogenated alkanes) is 1. The second-order valence-electron chi connectivity index (χ2n) is 10.3. The minimum absolute atomic E-state index is 0.135. The van der Waals surface area contributed by atoms with Crippen LogP contribution in [0, 0.1) is 6.92 Å². The minimum atomic E-state index is -4.91. The molecule has 0 saturated heterocycles. The van der Waals surface area contributed by atoms with Crippen LogP contribution in [0.15, 0.2) is 65.6 Å². The minimum Gasteiger partial charge on any atom is -0.354 e. The lowest BCUT2D eigenvalue weighted by molar-refractivity contribution is -0.140. The molecule has 3 rings (SSSR count). The first-order valence-electron chi connectivity index (χ1n) is 14.1. The molecular formula is C31H33Cl3F3N3O4S. The van der Waals surface area contributed by atoms with Crippen molar-refractivity contribution in [3.8, 4) is 0 Å². The summed E-state index contributed by atoms with van der Waals surface area (Å²) in [6.45, 7) is 4.48. The summed E-state index contributed by atoms with van der Waals surface area (Å²) in [6.07, 6.45) is -3.28. The molecule has 45 heavy (non-hydrogen) atoms. The number of rotatable bonds is 13. The predicted octanol–water partition coefficient (Wildman–Crippen LogP) is 7.89. The molecule has 3 aromatic carbocycles. The number of anilines is 1. The number of alkyl halides is 3. The Bertz CT molecular complexity index is 1600. The van der Waals surface area contributed by atoms with E-state index in [4.69, 9.17) is 34.8 Å². The molecule has 0 saturated carbocycles. The van der Waals surface area contributed by atoms with Gasteiger partial charge in [0.15, 0.2) is 0 Å². The summed E-state index contributed by atoms with van der Waals surface area (Å²) in [5.74, 6) is -1.36. The van der Waals surface area contributed by atoms with Crippen LogP contribution in [0.1, 0.15) is 49.8 Å². The van der Waals surface area contributed by atoms with E-state index in [1.54, 1.807) is 32.0 Å². The van der Waals surface area contributed by atoms with E-state index in [1.807, 2.05) is 6.92 Å². The topological polar surface area (TPSA) is 86.8 Å². The highest BCUT2D eigenvalue weighted by atomic mass is 35.5. The summed E-state index contributed by atoms with van der Waals surface area (Å²) < 4.78 is 70.0. The molecule has 0 bridgehead atoms. The summed E-state index contributed by atoms with van der Waals surface area (Å²) in [6, 6.07) is 11.8. The third-order valence-electron chi connectivity index (χ3n) is 7.04. The number of amides is 2. The van der Waals surface area contributed by atoms with Gasteiger partial charge < -0.3 is 10.2 Å². The van der Waals surface area contributed by atoms with E-state index in [0.717, 1.165) is 29.0 Å². The molecule has 0 radical (unpaired) electrons. The largest absolute Gasteiger partial charge is 0.417 e. The predicted molar refractivity (Wildman–Crippen MR) is 171 cm³/mol. The van der Waals surface area contributed by atoms with Gasteiger partial charge in [0.1, 0.15) is 12.6 Å². The first kappa shape index (κ1) is 36.5. The number of carbonyl (C=O) groups is 2. The Morgan fingerprint density at radius 3 is 2.11 bits per heavy atom. The average molecular weight is 707 g/mol. The highest BCUT2D eigenvalue weighted by molar-refractivity contribution is 7.92. The van der Waals surface area contributed by atoms with Crippen LogP contribution in [0.25, 0.3) is 0 Å². The van der Waals surface area contributed by atoms with Gasteiger partial charge in [-0.2, -0.15) is 13.2 Å². The molecule has 7 nitrogen and oxygen atoms in total. The summed E-state index contributed by atoms with van der Waals surface area (Å²) >= 11 is 18.6. The first-order valence-corrected chi connectivity index (χ1v) is 16.6. The van der Waals surface area contributed by atoms with Crippen molar-refractivity contribution in [2.45, 2.75) is 63.7 Å². The van der Waals surface area contributed by atoms with E-state index in [-0.39, 0.29) is 27.9 Å². The second-order valence-corrected chi connectivity index (χ2v) is 13.4. The normalized spacial score (nSPS) is 12.5. The maximum absolute atomic E-state index is 14.2. The Labute approximate surface area is 276 Å². The summed E-state index contributed by atoms with van der Waals surface area (Å²) in [5.41, 5.74) is -0.672. The van der Waals surface area contributed by atoms with E-state index >= 15 is 0 Å². The van der Waals surface area contributed by atoms with Gasteiger partial charge in [0, 0.05) is 28.7 Å². The van der Waals surface area contributed by atoms with Gasteiger partial charge in [0.05, 0.1) is 21.2 Å². The zero-order valence-electron chi connectivity index (χ0n) is 24.8. The molecule has 2 amide bonds. The van der Waals surface area contributed by atoms with Crippen LogP contribution >= 0.6 is 34.8 Å². The van der Waals surface area contributed by atoms with Gasteiger partial charge in [-0.15, -0.1) is 0 Å². The van der Waals surface area contributed by atoms with Crippen molar-refractivity contribution in [1.82, 2.24) is 10.2 Å². The lowest BCUT2D eigenvalue weighted by atomic mass is 10.1. The first-order chi connectivity index (χ1) is 21.1. The quantitative estimate of drug-likeness (QED) is 0.183. The van der Waals surface area contributed by atoms with Gasteiger partial charge in [0.25, 0.3) is 10.0 Å². The number of sulfonamides is 1. The van der Waals surface area contributed by atoms with E-state index in [2.05, 4.69) is 5.32 Å². The zero-order chi connectivity index (χ0) is 33.5. The van der Waals surface area contributed by atoms with Gasteiger partial charge in [-0.1, -0.05) is 78.8 Å². The summed E-state index contributed by atoms with van der Waals surface area (Å²) in [5, 5.41) is 2.56. The molecule has 0 unspecified atom stereocenters. The van der Waals surface area contributed by atoms with Crippen LogP contribution in [-0.4, -0.2) is 44.3 Å². The van der Waals surface area contributed by atoms with Crippen molar-refractivity contribution in [3.05, 3.63) is 92.4 Å². The molecule has 0 aliphatic carbocycles.